The molecule has 0 saturated carbocycles. The second kappa shape index (κ2) is 3.31. The van der Waals surface area contributed by atoms with E-state index in [9.17, 15) is 0 Å². The summed E-state index contributed by atoms with van der Waals surface area (Å²) in [5.74, 6) is 0.532. The first-order valence-corrected chi connectivity index (χ1v) is 4.15. The normalized spacial score (nSPS) is 24.8. The topological polar surface area (TPSA) is 77.4 Å². The second-order valence-corrected chi connectivity index (χ2v) is 3.11. The Kier molecular flexibility index (Phi) is 2.15. The Morgan fingerprint density at radius 3 is 3.08 bits per heavy atom. The number of nitrogen functional groups attached to an aromatic ring is 1. The van der Waals surface area contributed by atoms with Crippen LogP contribution >= 0.6 is 0 Å². The number of anilines is 1. The Balaban J connectivity index is 2.08. The van der Waals surface area contributed by atoms with E-state index in [1.165, 1.54) is 0 Å². The molecule has 1 aliphatic heterocycles. The number of morpholine rings is 1. The van der Waals surface area contributed by atoms with Crippen molar-refractivity contribution >= 4 is 6.01 Å². The van der Waals surface area contributed by atoms with Crippen molar-refractivity contribution in [3.8, 4) is 0 Å². The monoisotopic (exact) mass is 184 g/mol. The summed E-state index contributed by atoms with van der Waals surface area (Å²) in [6.07, 6.45) is -0.111. The quantitative estimate of drug-likeness (QED) is 0.643. The predicted octanol–water partition coefficient (Wildman–Crippen LogP) is -0.345. The van der Waals surface area contributed by atoms with Crippen LogP contribution in [0.4, 0.5) is 6.01 Å². The molecule has 72 valence electrons. The summed E-state index contributed by atoms with van der Waals surface area (Å²) in [5.41, 5.74) is 5.31. The van der Waals surface area contributed by atoms with Gasteiger partial charge in [-0.1, -0.05) is 5.16 Å². The van der Waals surface area contributed by atoms with E-state index in [0.29, 0.717) is 12.4 Å². The van der Waals surface area contributed by atoms with E-state index in [2.05, 4.69) is 19.6 Å². The van der Waals surface area contributed by atoms with E-state index in [4.69, 9.17) is 10.5 Å². The summed E-state index contributed by atoms with van der Waals surface area (Å²) in [6.45, 7) is 2.40. The first kappa shape index (κ1) is 8.46. The van der Waals surface area contributed by atoms with Crippen molar-refractivity contribution < 1.29 is 9.26 Å². The molecule has 0 radical (unpaired) electrons. The lowest BCUT2D eigenvalue weighted by Crippen LogP contribution is -2.35. The first-order valence-electron chi connectivity index (χ1n) is 4.15. The number of nitrogens with zero attached hydrogens (tertiary/aromatic N) is 3. The van der Waals surface area contributed by atoms with Gasteiger partial charge in [-0.3, -0.25) is 0 Å². The van der Waals surface area contributed by atoms with Gasteiger partial charge in [0.05, 0.1) is 6.61 Å². The number of nitrogens with two attached hydrogens (primary N) is 1. The van der Waals surface area contributed by atoms with Crippen molar-refractivity contribution in [3.63, 3.8) is 0 Å². The molecule has 1 atom stereocenters. The van der Waals surface area contributed by atoms with Gasteiger partial charge in [0.2, 0.25) is 5.82 Å². The van der Waals surface area contributed by atoms with Gasteiger partial charge >= 0.3 is 6.01 Å². The lowest BCUT2D eigenvalue weighted by atomic mass is 10.3. The Hall–Kier alpha value is -1.14. The largest absolute Gasteiger partial charge is 0.367 e. The van der Waals surface area contributed by atoms with Crippen molar-refractivity contribution in [2.24, 2.45) is 0 Å². The van der Waals surface area contributed by atoms with Crippen molar-refractivity contribution in [3.05, 3.63) is 5.82 Å². The Morgan fingerprint density at radius 1 is 1.62 bits per heavy atom. The van der Waals surface area contributed by atoms with Crippen LogP contribution in [0.2, 0.25) is 0 Å². The zero-order chi connectivity index (χ0) is 9.26. The van der Waals surface area contributed by atoms with Crippen molar-refractivity contribution in [2.75, 3.05) is 32.5 Å². The standard InChI is InChI=1S/C7H12N4O2/c1-11-2-3-12-5(4-11)6-9-7(8)13-10-6/h5H,2-4H2,1H3,(H2,8,9,10). The highest BCUT2D eigenvalue weighted by atomic mass is 16.5. The molecule has 1 saturated heterocycles. The number of hydrogen-bond acceptors (Lipinski definition) is 6. The average molecular weight is 184 g/mol. The summed E-state index contributed by atoms with van der Waals surface area (Å²) in [4.78, 5) is 6.07. The molecule has 0 amide bonds. The third-order valence-corrected chi connectivity index (χ3v) is 2.01. The third kappa shape index (κ3) is 1.78. The van der Waals surface area contributed by atoms with Gasteiger partial charge in [0.15, 0.2) is 0 Å². The number of ether oxygens (including phenoxy) is 1. The van der Waals surface area contributed by atoms with E-state index < -0.39 is 0 Å². The first-order chi connectivity index (χ1) is 6.25. The fraction of sp³-hybridized carbons (Fsp3) is 0.714. The summed E-state index contributed by atoms with van der Waals surface area (Å²) in [6, 6.07) is 0.0897. The molecule has 2 heterocycles. The molecule has 2 rings (SSSR count). The van der Waals surface area contributed by atoms with E-state index in [-0.39, 0.29) is 12.1 Å². The molecular formula is C7H12N4O2. The van der Waals surface area contributed by atoms with Gasteiger partial charge in [-0.05, 0) is 7.05 Å². The second-order valence-electron chi connectivity index (χ2n) is 3.11. The van der Waals surface area contributed by atoms with Crippen LogP contribution in [0.1, 0.15) is 11.9 Å². The minimum Gasteiger partial charge on any atom is -0.367 e. The minimum atomic E-state index is -0.111. The van der Waals surface area contributed by atoms with E-state index in [0.717, 1.165) is 13.1 Å². The fourth-order valence-corrected chi connectivity index (χ4v) is 1.31. The van der Waals surface area contributed by atoms with Crippen LogP contribution < -0.4 is 5.73 Å². The number of aromatic nitrogens is 2. The molecule has 6 nitrogen and oxygen atoms in total. The molecule has 0 spiro atoms. The van der Waals surface area contributed by atoms with Gasteiger partial charge in [0, 0.05) is 13.1 Å². The Morgan fingerprint density at radius 2 is 2.46 bits per heavy atom. The predicted molar refractivity (Wildman–Crippen MR) is 44.9 cm³/mol. The number of likely N-dealkylation sites (N-methyl/N-ethyl adjacent to an activating group) is 1. The lowest BCUT2D eigenvalue weighted by Gasteiger charge is -2.27. The minimum absolute atomic E-state index is 0.0897. The molecule has 13 heavy (non-hydrogen) atoms. The van der Waals surface area contributed by atoms with Crippen molar-refractivity contribution in [1.82, 2.24) is 15.0 Å². The molecule has 0 bridgehead atoms. The van der Waals surface area contributed by atoms with Crippen LogP contribution in [0.15, 0.2) is 4.52 Å². The summed E-state index contributed by atoms with van der Waals surface area (Å²) in [7, 11) is 2.03. The summed E-state index contributed by atoms with van der Waals surface area (Å²) in [5, 5.41) is 3.71. The van der Waals surface area contributed by atoms with Crippen LogP contribution in [0.25, 0.3) is 0 Å². The number of rotatable bonds is 1. The molecule has 1 fully saturated rings. The summed E-state index contributed by atoms with van der Waals surface area (Å²) >= 11 is 0. The van der Waals surface area contributed by atoms with Gasteiger partial charge in [-0.15, -0.1) is 0 Å². The highest BCUT2D eigenvalue weighted by Crippen LogP contribution is 2.18. The SMILES string of the molecule is CN1CCOC(c2noc(N)n2)C1. The smallest absolute Gasteiger partial charge is 0.318 e. The molecule has 0 aliphatic carbocycles. The fourth-order valence-electron chi connectivity index (χ4n) is 1.31. The molecular weight excluding hydrogens is 172 g/mol. The van der Waals surface area contributed by atoms with E-state index >= 15 is 0 Å². The van der Waals surface area contributed by atoms with E-state index in [1.807, 2.05) is 7.05 Å². The maximum absolute atomic E-state index is 5.47. The maximum atomic E-state index is 5.47. The highest BCUT2D eigenvalue weighted by molar-refractivity contribution is 5.09. The van der Waals surface area contributed by atoms with E-state index in [1.54, 1.807) is 0 Å². The number of hydrogen-bond donors (Lipinski definition) is 1. The van der Waals surface area contributed by atoms with Crippen LogP contribution in [0, 0.1) is 0 Å². The van der Waals surface area contributed by atoms with Gasteiger partial charge in [0.25, 0.3) is 0 Å². The molecule has 1 aromatic heterocycles. The molecule has 0 aromatic carbocycles. The van der Waals surface area contributed by atoms with Crippen LogP contribution in [0.3, 0.4) is 0 Å². The Labute approximate surface area is 75.6 Å². The van der Waals surface area contributed by atoms with Crippen molar-refractivity contribution in [2.45, 2.75) is 6.10 Å². The lowest BCUT2D eigenvalue weighted by molar-refractivity contribution is -0.0264. The highest BCUT2D eigenvalue weighted by Gasteiger charge is 2.23. The van der Waals surface area contributed by atoms with Gasteiger partial charge in [0.1, 0.15) is 6.10 Å². The zero-order valence-electron chi connectivity index (χ0n) is 7.43. The van der Waals surface area contributed by atoms with Gasteiger partial charge in [-0.2, -0.15) is 4.98 Å². The third-order valence-electron chi connectivity index (χ3n) is 2.01. The summed E-state index contributed by atoms with van der Waals surface area (Å²) < 4.78 is 10.1. The van der Waals surface area contributed by atoms with Crippen LogP contribution in [-0.2, 0) is 4.74 Å². The van der Waals surface area contributed by atoms with Gasteiger partial charge in [-0.25, -0.2) is 0 Å². The maximum Gasteiger partial charge on any atom is 0.318 e. The molecule has 6 heteroatoms. The van der Waals surface area contributed by atoms with Crippen LogP contribution in [0.5, 0.6) is 0 Å². The molecule has 2 N–H and O–H groups in total. The van der Waals surface area contributed by atoms with Crippen LogP contribution in [-0.4, -0.2) is 41.8 Å². The molecule has 1 aliphatic rings. The Bertz CT molecular complexity index is 288. The molecule has 1 aromatic rings. The van der Waals surface area contributed by atoms with Gasteiger partial charge < -0.3 is 19.9 Å². The molecule has 1 unspecified atom stereocenters. The zero-order valence-corrected chi connectivity index (χ0v) is 7.43. The van der Waals surface area contributed by atoms with Crippen molar-refractivity contribution in [1.29, 1.82) is 0 Å². The average Bonchev–Trinajstić information content (AvgIpc) is 2.52.